The molecule has 0 aliphatic carbocycles. The van der Waals surface area contributed by atoms with Crippen molar-refractivity contribution in [3.05, 3.63) is 36.5 Å². The van der Waals surface area contributed by atoms with E-state index < -0.39 is 5.92 Å². The van der Waals surface area contributed by atoms with Gasteiger partial charge in [0.05, 0.1) is 0 Å². The fourth-order valence-electron chi connectivity index (χ4n) is 2.39. The van der Waals surface area contributed by atoms with E-state index in [4.69, 9.17) is 0 Å². The molecule has 0 heterocycles. The van der Waals surface area contributed by atoms with Gasteiger partial charge in [-0.3, -0.25) is 9.59 Å². The van der Waals surface area contributed by atoms with Crippen LogP contribution in [0.1, 0.15) is 48.0 Å². The van der Waals surface area contributed by atoms with E-state index in [0.717, 1.165) is 5.57 Å². The quantitative estimate of drug-likeness (QED) is 0.442. The summed E-state index contributed by atoms with van der Waals surface area (Å²) in [4.78, 5) is 26.7. The number of ketones is 1. The molecule has 0 radical (unpaired) electrons. The van der Waals surface area contributed by atoms with E-state index in [-0.39, 0.29) is 11.7 Å². The van der Waals surface area contributed by atoms with E-state index >= 15 is 0 Å². The van der Waals surface area contributed by atoms with Crippen molar-refractivity contribution < 1.29 is 9.59 Å². The highest BCUT2D eigenvalue weighted by atomic mass is 16.2. The largest absolute Gasteiger partial charge is 0.342 e. The third kappa shape index (κ3) is 9.17. The van der Waals surface area contributed by atoms with Crippen LogP contribution in [0.4, 0.5) is 0 Å². The van der Waals surface area contributed by atoms with Crippen LogP contribution >= 0.6 is 0 Å². The predicted octanol–water partition coefficient (Wildman–Crippen LogP) is 4.41. The highest BCUT2D eigenvalue weighted by Gasteiger charge is 2.29. The number of hydrogen-bond acceptors (Lipinski definition) is 2. The maximum atomic E-state index is 12.8. The van der Waals surface area contributed by atoms with E-state index in [0.29, 0.717) is 31.3 Å². The molecule has 0 saturated heterocycles. The van der Waals surface area contributed by atoms with Gasteiger partial charge in [-0.05, 0) is 32.1 Å². The second-order valence-electron chi connectivity index (χ2n) is 6.94. The van der Waals surface area contributed by atoms with Crippen molar-refractivity contribution in [1.82, 2.24) is 4.90 Å². The summed E-state index contributed by atoms with van der Waals surface area (Å²) in [5, 5.41) is 0. The molecule has 0 spiro atoms. The molecule has 23 heavy (non-hydrogen) atoms. The average Bonchev–Trinajstić information content (AvgIpc) is 2.42. The lowest BCUT2D eigenvalue weighted by molar-refractivity contribution is -0.141. The van der Waals surface area contributed by atoms with E-state index in [2.05, 4.69) is 34.3 Å². The molecule has 0 saturated carbocycles. The molecule has 0 aromatic heterocycles. The number of Topliss-reactive ketones (excluding diaryl/α,β-unsaturated/α-hetero) is 1. The Morgan fingerprint density at radius 3 is 1.96 bits per heavy atom. The lowest BCUT2D eigenvalue weighted by atomic mass is 9.94. The Kier molecular flexibility index (Phi) is 10.2. The second-order valence-corrected chi connectivity index (χ2v) is 6.94. The standard InChI is InChI=1S/C20H33NO2/c1-8-9-10-11-17(6)12-19(18(7)22)20(23)21(13-15(2)3)14-16(4)5/h8-11,15-16,19H,6,12-14H2,1-5,7H3/b9-8-,11-10-. The summed E-state index contributed by atoms with van der Waals surface area (Å²) in [5.74, 6) is -0.0324. The van der Waals surface area contributed by atoms with Crippen LogP contribution in [0.2, 0.25) is 0 Å². The van der Waals surface area contributed by atoms with Crippen molar-refractivity contribution in [2.24, 2.45) is 17.8 Å². The SMILES string of the molecule is C=C(/C=C\C=C/C)CC(C(C)=O)C(=O)N(CC(C)C)CC(C)C. The van der Waals surface area contributed by atoms with Crippen LogP contribution in [0.25, 0.3) is 0 Å². The maximum absolute atomic E-state index is 12.8. The van der Waals surface area contributed by atoms with Crippen LogP contribution in [0.3, 0.4) is 0 Å². The van der Waals surface area contributed by atoms with E-state index in [1.165, 1.54) is 6.92 Å². The van der Waals surface area contributed by atoms with Gasteiger partial charge in [0.2, 0.25) is 5.91 Å². The third-order valence-electron chi connectivity index (χ3n) is 3.37. The van der Waals surface area contributed by atoms with Gasteiger partial charge in [0.15, 0.2) is 0 Å². The predicted molar refractivity (Wildman–Crippen MR) is 98.1 cm³/mol. The number of carbonyl (C=O) groups is 2. The maximum Gasteiger partial charge on any atom is 0.233 e. The van der Waals surface area contributed by atoms with Crippen LogP contribution in [0.5, 0.6) is 0 Å². The van der Waals surface area contributed by atoms with Crippen LogP contribution in [0, 0.1) is 17.8 Å². The zero-order valence-electron chi connectivity index (χ0n) is 15.6. The summed E-state index contributed by atoms with van der Waals surface area (Å²) in [5.41, 5.74) is 0.797. The number of hydrogen-bond donors (Lipinski definition) is 0. The first-order valence-electron chi connectivity index (χ1n) is 8.45. The zero-order chi connectivity index (χ0) is 18.0. The van der Waals surface area contributed by atoms with Gasteiger partial charge < -0.3 is 4.90 Å². The summed E-state index contributed by atoms with van der Waals surface area (Å²) < 4.78 is 0. The number of rotatable bonds is 10. The highest BCUT2D eigenvalue weighted by Crippen LogP contribution is 2.18. The van der Waals surface area contributed by atoms with E-state index in [1.54, 1.807) is 0 Å². The summed E-state index contributed by atoms with van der Waals surface area (Å²) in [6, 6.07) is 0. The first kappa shape index (κ1) is 21.4. The zero-order valence-corrected chi connectivity index (χ0v) is 15.6. The van der Waals surface area contributed by atoms with Crippen molar-refractivity contribution >= 4 is 11.7 Å². The smallest absolute Gasteiger partial charge is 0.233 e. The van der Waals surface area contributed by atoms with Gasteiger partial charge in [-0.25, -0.2) is 0 Å². The van der Waals surface area contributed by atoms with Gasteiger partial charge in [-0.15, -0.1) is 0 Å². The Morgan fingerprint density at radius 1 is 1.04 bits per heavy atom. The van der Waals surface area contributed by atoms with Gasteiger partial charge in [-0.2, -0.15) is 0 Å². The molecule has 1 atom stereocenters. The minimum absolute atomic E-state index is 0.0690. The minimum Gasteiger partial charge on any atom is -0.342 e. The Hall–Kier alpha value is -1.64. The van der Waals surface area contributed by atoms with Crippen molar-refractivity contribution in [2.45, 2.75) is 48.0 Å². The molecule has 3 nitrogen and oxygen atoms in total. The van der Waals surface area contributed by atoms with Gasteiger partial charge in [-0.1, -0.05) is 64.2 Å². The van der Waals surface area contributed by atoms with Gasteiger partial charge in [0.1, 0.15) is 11.7 Å². The van der Waals surface area contributed by atoms with E-state index in [1.807, 2.05) is 36.1 Å². The van der Waals surface area contributed by atoms with Crippen molar-refractivity contribution in [3.63, 3.8) is 0 Å². The molecule has 0 fully saturated rings. The van der Waals surface area contributed by atoms with Crippen LogP contribution in [-0.4, -0.2) is 29.7 Å². The lowest BCUT2D eigenvalue weighted by Gasteiger charge is -2.29. The summed E-state index contributed by atoms with van der Waals surface area (Å²) in [7, 11) is 0. The van der Waals surface area contributed by atoms with Crippen molar-refractivity contribution in [1.29, 1.82) is 0 Å². The fourth-order valence-corrected chi connectivity index (χ4v) is 2.39. The monoisotopic (exact) mass is 319 g/mol. The Morgan fingerprint density at radius 2 is 1.57 bits per heavy atom. The first-order valence-corrected chi connectivity index (χ1v) is 8.45. The van der Waals surface area contributed by atoms with Gasteiger partial charge in [0, 0.05) is 13.1 Å². The molecule has 130 valence electrons. The van der Waals surface area contributed by atoms with Gasteiger partial charge >= 0.3 is 0 Å². The third-order valence-corrected chi connectivity index (χ3v) is 3.37. The summed E-state index contributed by atoms with van der Waals surface area (Å²) >= 11 is 0. The van der Waals surface area contributed by atoms with Crippen LogP contribution in [0.15, 0.2) is 36.5 Å². The number of allylic oxidation sites excluding steroid dienone is 5. The molecule has 3 heteroatoms. The molecule has 0 rings (SSSR count). The normalized spacial score (nSPS) is 13.2. The van der Waals surface area contributed by atoms with E-state index in [9.17, 15) is 9.59 Å². The first-order chi connectivity index (χ1) is 10.7. The molecule has 1 amide bonds. The Balaban J connectivity index is 5.12. The lowest BCUT2D eigenvalue weighted by Crippen LogP contribution is -2.42. The van der Waals surface area contributed by atoms with Crippen molar-refractivity contribution in [2.75, 3.05) is 13.1 Å². The molecule has 0 aliphatic heterocycles. The Bertz CT molecular complexity index is 448. The topological polar surface area (TPSA) is 37.4 Å². The van der Waals surface area contributed by atoms with Crippen LogP contribution < -0.4 is 0 Å². The van der Waals surface area contributed by atoms with Gasteiger partial charge in [0.25, 0.3) is 0 Å². The number of amides is 1. The molecule has 1 unspecified atom stereocenters. The molecule has 0 bridgehead atoms. The summed E-state index contributed by atoms with van der Waals surface area (Å²) in [6.07, 6.45) is 7.95. The molecule has 0 aliphatic rings. The fraction of sp³-hybridized carbons (Fsp3) is 0.600. The summed E-state index contributed by atoms with van der Waals surface area (Å²) in [6.45, 7) is 17.1. The molecular formula is C20H33NO2. The minimum atomic E-state index is -0.629. The molecule has 0 aromatic rings. The molecule has 0 aromatic carbocycles. The average molecular weight is 319 g/mol. The number of carbonyl (C=O) groups excluding carboxylic acids is 2. The Labute approximate surface area is 142 Å². The number of nitrogens with zero attached hydrogens (tertiary/aromatic N) is 1. The molecular weight excluding hydrogens is 286 g/mol. The van der Waals surface area contributed by atoms with Crippen molar-refractivity contribution in [3.8, 4) is 0 Å². The highest BCUT2D eigenvalue weighted by molar-refractivity contribution is 6.00. The second kappa shape index (κ2) is 11.0. The van der Waals surface area contributed by atoms with Crippen LogP contribution in [-0.2, 0) is 9.59 Å². The molecule has 0 N–H and O–H groups in total.